The first-order chi connectivity index (χ1) is 18.1. The Hall–Kier alpha value is -3.30. The average molecular weight is 499 g/mol. The standard InChI is InChI=1S/C29H30.4C2H6/c1-7-11-15-22-28-24(6)23(5)27(21-13-9-3)29(28,25(10-4)18-12-8-2)26-19-16-14-17-20-26;4*1-2/h8-10,12-22H,4-5H2,1-3,6H3;4*1-2H3/b12-8-,13-9-,22-15-,25-18+,27-21+;;;;. The average Bonchev–Trinajstić information content (AvgIpc) is 3.19. The normalized spacial score (nSPS) is 17.6. The molecule has 1 aromatic rings. The maximum Gasteiger partial charge on any atom is 0.0710 e. The summed E-state index contributed by atoms with van der Waals surface area (Å²) in [6.45, 7) is 32.7. The molecule has 37 heavy (non-hydrogen) atoms. The summed E-state index contributed by atoms with van der Waals surface area (Å²) in [4.78, 5) is 0. The molecule has 0 fully saturated rings. The van der Waals surface area contributed by atoms with Crippen molar-refractivity contribution in [2.24, 2.45) is 0 Å². The van der Waals surface area contributed by atoms with E-state index in [2.05, 4.69) is 86.6 Å². The van der Waals surface area contributed by atoms with Gasteiger partial charge in [-0.25, -0.2) is 0 Å². The summed E-state index contributed by atoms with van der Waals surface area (Å²) in [5.74, 6) is 6.03. The van der Waals surface area contributed by atoms with Gasteiger partial charge in [0.2, 0.25) is 0 Å². The molecule has 0 saturated heterocycles. The van der Waals surface area contributed by atoms with Gasteiger partial charge in [-0.15, -0.1) is 5.92 Å². The van der Waals surface area contributed by atoms with Crippen molar-refractivity contribution < 1.29 is 0 Å². The predicted octanol–water partition coefficient (Wildman–Crippen LogP) is 11.7. The van der Waals surface area contributed by atoms with Crippen molar-refractivity contribution in [1.29, 1.82) is 0 Å². The zero-order chi connectivity index (χ0) is 29.3. The smallest absolute Gasteiger partial charge is 0.0710 e. The Bertz CT molecular complexity index is 1000. The molecule has 0 saturated carbocycles. The Morgan fingerprint density at radius 2 is 1.41 bits per heavy atom. The molecule has 1 unspecified atom stereocenters. The number of allylic oxidation sites excluding steroid dienone is 14. The summed E-state index contributed by atoms with van der Waals surface area (Å²) in [6, 6.07) is 10.6. The fraction of sp³-hybridized carbons (Fsp3) is 0.351. The molecule has 1 aliphatic carbocycles. The molecule has 0 aromatic heterocycles. The van der Waals surface area contributed by atoms with Gasteiger partial charge in [0.15, 0.2) is 0 Å². The third-order valence-corrected chi connectivity index (χ3v) is 5.25. The molecule has 202 valence electrons. The van der Waals surface area contributed by atoms with E-state index < -0.39 is 5.41 Å². The van der Waals surface area contributed by atoms with Crippen molar-refractivity contribution in [2.45, 2.75) is 88.5 Å². The molecule has 0 N–H and O–H groups in total. The summed E-state index contributed by atoms with van der Waals surface area (Å²) < 4.78 is 0. The third kappa shape index (κ3) is 9.93. The zero-order valence-electron chi connectivity index (χ0n) is 26.0. The predicted molar refractivity (Wildman–Crippen MR) is 174 cm³/mol. The van der Waals surface area contributed by atoms with Crippen LogP contribution < -0.4 is 0 Å². The van der Waals surface area contributed by atoms with Gasteiger partial charge < -0.3 is 0 Å². The van der Waals surface area contributed by atoms with Crippen LogP contribution in [-0.2, 0) is 5.41 Å². The van der Waals surface area contributed by atoms with Gasteiger partial charge >= 0.3 is 0 Å². The van der Waals surface area contributed by atoms with Crippen LogP contribution in [0.4, 0.5) is 0 Å². The molecule has 0 nitrogen and oxygen atoms in total. The first-order valence-electron chi connectivity index (χ1n) is 13.9. The molecule has 0 heteroatoms. The Morgan fingerprint density at radius 3 is 1.86 bits per heavy atom. The molecule has 0 amide bonds. The van der Waals surface area contributed by atoms with Gasteiger partial charge in [0.1, 0.15) is 0 Å². The van der Waals surface area contributed by atoms with Gasteiger partial charge in [-0.05, 0) is 73.3 Å². The molecule has 0 aliphatic heterocycles. The number of rotatable bonds is 6. The maximum absolute atomic E-state index is 4.46. The van der Waals surface area contributed by atoms with E-state index in [0.717, 1.165) is 11.1 Å². The van der Waals surface area contributed by atoms with Gasteiger partial charge in [0.05, 0.1) is 5.41 Å². The van der Waals surface area contributed by atoms with Crippen molar-refractivity contribution in [2.75, 3.05) is 0 Å². The largest absolute Gasteiger partial charge is 0.102 e. The van der Waals surface area contributed by atoms with Crippen molar-refractivity contribution in [1.82, 2.24) is 0 Å². The summed E-state index contributed by atoms with van der Waals surface area (Å²) in [7, 11) is 0. The number of hydrogen-bond acceptors (Lipinski definition) is 0. The van der Waals surface area contributed by atoms with Crippen LogP contribution in [0.25, 0.3) is 0 Å². The van der Waals surface area contributed by atoms with E-state index in [4.69, 9.17) is 0 Å². The monoisotopic (exact) mass is 498 g/mol. The highest BCUT2D eigenvalue weighted by Gasteiger charge is 2.47. The number of benzene rings is 1. The third-order valence-electron chi connectivity index (χ3n) is 5.25. The van der Waals surface area contributed by atoms with Crippen LogP contribution in [0.5, 0.6) is 0 Å². The van der Waals surface area contributed by atoms with Crippen molar-refractivity contribution in [3.8, 4) is 11.8 Å². The molecule has 1 aliphatic rings. The van der Waals surface area contributed by atoms with Gasteiger partial charge in [-0.2, -0.15) is 0 Å². The highest BCUT2D eigenvalue weighted by atomic mass is 14.5. The summed E-state index contributed by atoms with van der Waals surface area (Å²) in [5, 5.41) is 0. The van der Waals surface area contributed by atoms with Crippen LogP contribution in [0, 0.1) is 11.8 Å². The lowest BCUT2D eigenvalue weighted by atomic mass is 9.65. The molecule has 0 spiro atoms. The van der Waals surface area contributed by atoms with Crippen molar-refractivity contribution >= 4 is 0 Å². The van der Waals surface area contributed by atoms with Crippen molar-refractivity contribution in [3.63, 3.8) is 0 Å². The molecule has 0 heterocycles. The summed E-state index contributed by atoms with van der Waals surface area (Å²) in [6.07, 6.45) is 18.6. The SMILES string of the molecule is C=C/C(=C\C=C/C)C1(c2ccccc2)C(/C=C\C#CC)=C(C)C(=C)/C1=C\C=C/C.CC.CC.CC.CC. The fourth-order valence-electron chi connectivity index (χ4n) is 3.92. The van der Waals surface area contributed by atoms with Crippen LogP contribution in [0.3, 0.4) is 0 Å². The zero-order valence-corrected chi connectivity index (χ0v) is 26.0. The Balaban J connectivity index is -0.00000131. The van der Waals surface area contributed by atoms with Gasteiger partial charge in [0, 0.05) is 0 Å². The van der Waals surface area contributed by atoms with Gasteiger partial charge in [0.25, 0.3) is 0 Å². The van der Waals surface area contributed by atoms with E-state index in [0.29, 0.717) is 0 Å². The maximum atomic E-state index is 4.46. The highest BCUT2D eigenvalue weighted by molar-refractivity contribution is 5.76. The van der Waals surface area contributed by atoms with E-state index in [-0.39, 0.29) is 0 Å². The van der Waals surface area contributed by atoms with E-state index in [1.807, 2.05) is 107 Å². The lowest BCUT2D eigenvalue weighted by Crippen LogP contribution is -2.30. The molecule has 2 rings (SSSR count). The molecular weight excluding hydrogens is 444 g/mol. The van der Waals surface area contributed by atoms with Gasteiger partial charge in [-0.1, -0.05) is 147 Å². The van der Waals surface area contributed by atoms with Crippen LogP contribution in [0.2, 0.25) is 0 Å². The minimum atomic E-state index is -0.491. The van der Waals surface area contributed by atoms with E-state index >= 15 is 0 Å². The van der Waals surface area contributed by atoms with Crippen LogP contribution in [-0.4, -0.2) is 0 Å². The minimum absolute atomic E-state index is 0.491. The fourth-order valence-corrected chi connectivity index (χ4v) is 3.92. The second kappa shape index (κ2) is 24.4. The Labute approximate surface area is 231 Å². The van der Waals surface area contributed by atoms with E-state index in [9.17, 15) is 0 Å². The van der Waals surface area contributed by atoms with Gasteiger partial charge in [-0.3, -0.25) is 0 Å². The Kier molecular flexibility index (Phi) is 25.2. The Morgan fingerprint density at radius 1 is 0.865 bits per heavy atom. The topological polar surface area (TPSA) is 0 Å². The molecular formula is C37H54. The van der Waals surface area contributed by atoms with E-state index in [1.54, 1.807) is 0 Å². The van der Waals surface area contributed by atoms with Crippen LogP contribution >= 0.6 is 0 Å². The van der Waals surface area contributed by atoms with E-state index in [1.165, 1.54) is 22.3 Å². The molecule has 0 radical (unpaired) electrons. The second-order valence-corrected chi connectivity index (χ2v) is 6.82. The lowest BCUT2D eigenvalue weighted by molar-refractivity contribution is 0.757. The summed E-state index contributed by atoms with van der Waals surface area (Å²) >= 11 is 0. The molecule has 0 bridgehead atoms. The van der Waals surface area contributed by atoms with Crippen molar-refractivity contribution in [3.05, 3.63) is 132 Å². The van der Waals surface area contributed by atoms with Crippen LogP contribution in [0.1, 0.15) is 88.6 Å². The minimum Gasteiger partial charge on any atom is -0.102 e. The number of hydrogen-bond donors (Lipinski definition) is 0. The lowest BCUT2D eigenvalue weighted by Gasteiger charge is -2.36. The molecule has 1 atom stereocenters. The second-order valence-electron chi connectivity index (χ2n) is 6.82. The first-order valence-corrected chi connectivity index (χ1v) is 13.9. The van der Waals surface area contributed by atoms with Crippen LogP contribution in [0.15, 0.2) is 126 Å². The molecule has 1 aromatic carbocycles. The quantitative estimate of drug-likeness (QED) is 0.270. The first kappa shape index (κ1) is 38.2. The summed E-state index contributed by atoms with van der Waals surface area (Å²) in [5.41, 5.74) is 6.38. The highest BCUT2D eigenvalue weighted by Crippen LogP contribution is 2.56.